The summed E-state index contributed by atoms with van der Waals surface area (Å²) in [4.78, 5) is 0. The van der Waals surface area contributed by atoms with Crippen LogP contribution in [0.5, 0.6) is 0 Å². The maximum absolute atomic E-state index is 9.93. The Hall–Kier alpha value is -0.466. The number of aliphatic hydroxyl groups is 1. The molecule has 39 heavy (non-hydrogen) atoms. The average Bonchev–Trinajstić information content (AvgIpc) is 3.15. The lowest BCUT2D eigenvalue weighted by molar-refractivity contribution is 0.0690. The predicted molar refractivity (Wildman–Crippen MR) is 173 cm³/mol. The normalized spacial score (nSPS) is 34.0. The molecule has 224 valence electrons. The van der Waals surface area contributed by atoms with Gasteiger partial charge >= 0.3 is 0 Å². The smallest absolute Gasteiger partial charge is 0.192 e. The van der Waals surface area contributed by atoms with E-state index in [0.29, 0.717) is 29.8 Å². The van der Waals surface area contributed by atoms with Crippen LogP contribution in [0.4, 0.5) is 0 Å². The highest BCUT2D eigenvalue weighted by molar-refractivity contribution is 6.74. The van der Waals surface area contributed by atoms with Gasteiger partial charge in [-0.05, 0) is 109 Å². The molecule has 0 unspecified atom stereocenters. The highest BCUT2D eigenvalue weighted by atomic mass is 28.4. The van der Waals surface area contributed by atoms with Crippen molar-refractivity contribution in [2.45, 2.75) is 149 Å². The Morgan fingerprint density at radius 1 is 1.00 bits per heavy atom. The minimum absolute atomic E-state index is 0.0250. The molecule has 1 N–H and O–H groups in total. The molecular formula is C34H62O3Si2. The van der Waals surface area contributed by atoms with Gasteiger partial charge in [-0.25, -0.2) is 0 Å². The molecule has 3 aliphatic carbocycles. The van der Waals surface area contributed by atoms with Gasteiger partial charge in [0.15, 0.2) is 16.6 Å². The fourth-order valence-electron chi connectivity index (χ4n) is 7.11. The first kappa shape index (κ1) is 33.0. The van der Waals surface area contributed by atoms with Crippen LogP contribution < -0.4 is 0 Å². The molecule has 0 amide bonds. The van der Waals surface area contributed by atoms with Crippen molar-refractivity contribution in [3.05, 3.63) is 35.5 Å². The van der Waals surface area contributed by atoms with Crippen molar-refractivity contribution >= 4 is 16.6 Å². The zero-order valence-corrected chi connectivity index (χ0v) is 29.7. The summed E-state index contributed by atoms with van der Waals surface area (Å²) in [7, 11) is -3.87. The van der Waals surface area contributed by atoms with E-state index in [0.717, 1.165) is 12.8 Å². The molecule has 3 fully saturated rings. The minimum atomic E-state index is -1.96. The second kappa shape index (κ2) is 11.7. The molecule has 0 heterocycles. The van der Waals surface area contributed by atoms with Crippen LogP contribution in [0.3, 0.4) is 0 Å². The third-order valence-electron chi connectivity index (χ3n) is 11.7. The summed E-state index contributed by atoms with van der Waals surface area (Å²) in [5, 5.41) is 10.3. The van der Waals surface area contributed by atoms with Crippen LogP contribution in [0.2, 0.25) is 36.3 Å². The molecular weight excluding hydrogens is 513 g/mol. The Labute approximate surface area is 244 Å². The van der Waals surface area contributed by atoms with E-state index in [4.69, 9.17) is 8.85 Å². The van der Waals surface area contributed by atoms with E-state index < -0.39 is 16.6 Å². The van der Waals surface area contributed by atoms with E-state index in [9.17, 15) is 5.11 Å². The lowest BCUT2D eigenvalue weighted by Crippen LogP contribution is -2.49. The van der Waals surface area contributed by atoms with Gasteiger partial charge in [0, 0.05) is 13.0 Å². The van der Waals surface area contributed by atoms with E-state index in [2.05, 4.69) is 100 Å². The molecule has 3 saturated carbocycles. The molecule has 0 radical (unpaired) electrons. The zero-order valence-electron chi connectivity index (χ0n) is 27.7. The highest BCUT2D eigenvalue weighted by Crippen LogP contribution is 2.59. The molecule has 0 bridgehead atoms. The maximum Gasteiger partial charge on any atom is 0.192 e. The van der Waals surface area contributed by atoms with E-state index in [1.54, 1.807) is 5.57 Å². The van der Waals surface area contributed by atoms with Crippen molar-refractivity contribution in [1.82, 2.24) is 0 Å². The van der Waals surface area contributed by atoms with Crippen LogP contribution >= 0.6 is 0 Å². The molecule has 0 aromatic rings. The summed E-state index contributed by atoms with van der Waals surface area (Å²) in [5.41, 5.74) is 4.43. The molecule has 0 saturated heterocycles. The van der Waals surface area contributed by atoms with Gasteiger partial charge in [0.2, 0.25) is 0 Å². The van der Waals surface area contributed by atoms with Crippen molar-refractivity contribution in [1.29, 1.82) is 0 Å². The summed E-state index contributed by atoms with van der Waals surface area (Å²) in [6.07, 6.45) is 13.2. The Morgan fingerprint density at radius 3 is 2.15 bits per heavy atom. The van der Waals surface area contributed by atoms with Crippen molar-refractivity contribution in [3.8, 4) is 0 Å². The van der Waals surface area contributed by atoms with Crippen molar-refractivity contribution in [2.75, 3.05) is 6.61 Å². The standard InChI is InChI=1S/C34H62O3Si2/c1-24(23-35)29-18-19-30-26(15-14-20-34(29,30)9)16-17-27-21-28(36-38(10,11)32(3,4)5)22-31(25(27)2)37-39(12,13)33(6,7)8/h16-17,24,28-31,35H,2,14-15,18-23H2,1,3-13H3/b26-16+,27-17+/t24-,28+,29+,30-,31-,34+/m0/s1. The summed E-state index contributed by atoms with van der Waals surface area (Å²) < 4.78 is 14.1. The number of hydrogen-bond donors (Lipinski definition) is 1. The molecule has 3 aliphatic rings. The fourth-order valence-corrected chi connectivity index (χ4v) is 9.78. The average molecular weight is 575 g/mol. The largest absolute Gasteiger partial charge is 0.413 e. The third-order valence-corrected chi connectivity index (χ3v) is 20.8. The number of hydrogen-bond acceptors (Lipinski definition) is 3. The van der Waals surface area contributed by atoms with E-state index >= 15 is 0 Å². The van der Waals surface area contributed by atoms with Gasteiger partial charge in [-0.1, -0.05) is 79.7 Å². The topological polar surface area (TPSA) is 38.7 Å². The van der Waals surface area contributed by atoms with Crippen molar-refractivity contribution < 1.29 is 14.0 Å². The molecule has 0 spiro atoms. The molecule has 0 aromatic carbocycles. The molecule has 3 nitrogen and oxygen atoms in total. The first-order valence-electron chi connectivity index (χ1n) is 15.8. The molecule has 3 rings (SSSR count). The molecule has 5 heteroatoms. The predicted octanol–water partition coefficient (Wildman–Crippen LogP) is 9.81. The lowest BCUT2D eigenvalue weighted by Gasteiger charge is -2.45. The number of fused-ring (bicyclic) bond motifs is 1. The molecule has 0 aliphatic heterocycles. The molecule has 0 aromatic heterocycles. The molecule has 6 atom stereocenters. The van der Waals surface area contributed by atoms with Crippen LogP contribution in [-0.2, 0) is 8.85 Å². The number of aliphatic hydroxyl groups excluding tert-OH is 1. The van der Waals surface area contributed by atoms with Gasteiger partial charge < -0.3 is 14.0 Å². The van der Waals surface area contributed by atoms with Crippen LogP contribution in [-0.4, -0.2) is 40.6 Å². The van der Waals surface area contributed by atoms with Crippen molar-refractivity contribution in [2.24, 2.45) is 23.2 Å². The Kier molecular flexibility index (Phi) is 9.88. The van der Waals surface area contributed by atoms with E-state index in [1.807, 2.05) is 0 Å². The van der Waals surface area contributed by atoms with Gasteiger partial charge in [-0.3, -0.25) is 0 Å². The van der Waals surface area contributed by atoms with Crippen LogP contribution in [0, 0.1) is 23.2 Å². The summed E-state index contributed by atoms with van der Waals surface area (Å²) in [5.74, 6) is 1.65. The van der Waals surface area contributed by atoms with Gasteiger partial charge in [0.25, 0.3) is 0 Å². The Morgan fingerprint density at radius 2 is 1.59 bits per heavy atom. The first-order valence-corrected chi connectivity index (χ1v) is 21.6. The second-order valence-electron chi connectivity index (χ2n) is 16.5. The minimum Gasteiger partial charge on any atom is -0.413 e. The SMILES string of the molecule is C=C1/C(=C/C=C2\CCC[C@]3(C)[C@@H]([C@@H](C)CO)CC[C@@H]23)C[C@@H](O[Si](C)(C)C(C)(C)C)C[C@@H]1O[Si](C)(C)C(C)(C)C. The van der Waals surface area contributed by atoms with Crippen LogP contribution in [0.1, 0.15) is 100 Å². The summed E-state index contributed by atoms with van der Waals surface area (Å²) in [6.45, 7) is 33.1. The maximum atomic E-state index is 9.93. The van der Waals surface area contributed by atoms with Gasteiger partial charge in [-0.15, -0.1) is 0 Å². The first-order chi connectivity index (χ1) is 17.7. The highest BCUT2D eigenvalue weighted by Gasteiger charge is 2.50. The number of rotatable bonds is 7. The lowest BCUT2D eigenvalue weighted by atomic mass is 9.61. The van der Waals surface area contributed by atoms with Gasteiger partial charge in [-0.2, -0.15) is 0 Å². The quantitative estimate of drug-likeness (QED) is 0.308. The van der Waals surface area contributed by atoms with Crippen LogP contribution in [0.25, 0.3) is 0 Å². The van der Waals surface area contributed by atoms with E-state index in [1.165, 1.54) is 43.3 Å². The summed E-state index contributed by atoms with van der Waals surface area (Å²) in [6, 6.07) is 0. The second-order valence-corrected chi connectivity index (χ2v) is 26.0. The Balaban J connectivity index is 1.93. The third kappa shape index (κ3) is 6.96. The van der Waals surface area contributed by atoms with Crippen molar-refractivity contribution in [3.63, 3.8) is 0 Å². The number of allylic oxidation sites excluding steroid dienone is 3. The summed E-state index contributed by atoms with van der Waals surface area (Å²) >= 11 is 0. The van der Waals surface area contributed by atoms with Gasteiger partial charge in [0.1, 0.15) is 0 Å². The van der Waals surface area contributed by atoms with Crippen LogP contribution in [0.15, 0.2) is 35.5 Å². The zero-order chi connectivity index (χ0) is 29.6. The fraction of sp³-hybridized carbons (Fsp3) is 0.824. The Bertz CT molecular complexity index is 948. The monoisotopic (exact) mass is 574 g/mol. The van der Waals surface area contributed by atoms with Gasteiger partial charge in [0.05, 0.1) is 12.2 Å². The van der Waals surface area contributed by atoms with E-state index in [-0.39, 0.29) is 22.3 Å².